The van der Waals surface area contributed by atoms with Gasteiger partial charge in [0.1, 0.15) is 0 Å². The molecule has 0 aromatic carbocycles. The molecule has 1 unspecified atom stereocenters. The molecule has 13 heavy (non-hydrogen) atoms. The topological polar surface area (TPSA) is 18.5 Å². The smallest absolute Gasteiger partial charge is 0.300 e. The van der Waals surface area contributed by atoms with Gasteiger partial charge in [-0.2, -0.15) is 0 Å². The molecule has 0 saturated heterocycles. The minimum absolute atomic E-state index is 0.306. The van der Waals surface area contributed by atoms with Gasteiger partial charge in [-0.05, 0) is 13.8 Å². The Hall–Kier alpha value is 0.660. The van der Waals surface area contributed by atoms with E-state index in [1.165, 1.54) is 0 Å². The molecule has 0 heterocycles. The van der Waals surface area contributed by atoms with Gasteiger partial charge in [-0.15, -0.1) is 12.2 Å². The van der Waals surface area contributed by atoms with E-state index in [2.05, 4.69) is 33.4 Å². The Balaban J connectivity index is 4.64. The van der Waals surface area contributed by atoms with E-state index in [1.54, 1.807) is 0 Å². The van der Waals surface area contributed by atoms with Crippen LogP contribution < -0.4 is 0 Å². The van der Waals surface area contributed by atoms with Crippen LogP contribution in [0.3, 0.4) is 0 Å². The first kappa shape index (κ1) is 13.7. The van der Waals surface area contributed by atoms with Crippen LogP contribution in [0.5, 0.6) is 0 Å². The van der Waals surface area contributed by atoms with E-state index in [4.69, 9.17) is 9.47 Å². The van der Waals surface area contributed by atoms with Gasteiger partial charge in [0.2, 0.25) is 0 Å². The molecule has 0 saturated carbocycles. The van der Waals surface area contributed by atoms with Gasteiger partial charge in [0.25, 0.3) is 0 Å². The van der Waals surface area contributed by atoms with E-state index in [-0.39, 0.29) is 0 Å². The normalized spacial score (nSPS) is 14.3. The number of rotatable bonds is 6. The molecule has 0 radical (unpaired) electrons. The molecular formula is C8H21NO2PS+. The van der Waals surface area contributed by atoms with Crippen molar-refractivity contribution in [2.45, 2.75) is 19.5 Å². The van der Waals surface area contributed by atoms with Crippen molar-refractivity contribution in [1.82, 2.24) is 0 Å². The molecule has 0 aliphatic heterocycles. The van der Waals surface area contributed by atoms with Crippen LogP contribution in [0, 0.1) is 0 Å². The molecule has 0 spiro atoms. The van der Waals surface area contributed by atoms with Gasteiger partial charge < -0.3 is 0 Å². The standard InChI is InChI=1S/C8H21NO2PS/c1-6-10-8(12-13,11-7-2)9(3,4)5/h12-13H,6-7H2,1-5H3/q+1. The second-order valence-electron chi connectivity index (χ2n) is 3.57. The highest BCUT2D eigenvalue weighted by atomic mass is 32.7. The SMILES string of the molecule is CCOC(OCC)(PS)[N+](C)(C)C. The van der Waals surface area contributed by atoms with Crippen LogP contribution in [0.2, 0.25) is 0 Å². The van der Waals surface area contributed by atoms with Crippen LogP contribution in [0.15, 0.2) is 0 Å². The van der Waals surface area contributed by atoms with Crippen molar-refractivity contribution in [3.63, 3.8) is 0 Å². The number of thiol groups is 1. The molecule has 0 aromatic rings. The highest BCUT2D eigenvalue weighted by molar-refractivity contribution is 8.38. The summed E-state index contributed by atoms with van der Waals surface area (Å²) in [6.07, 6.45) is 0. The maximum absolute atomic E-state index is 5.67. The largest absolute Gasteiger partial charge is 0.340 e. The zero-order valence-corrected chi connectivity index (χ0v) is 11.0. The van der Waals surface area contributed by atoms with Crippen LogP contribution in [0.25, 0.3) is 0 Å². The fourth-order valence-electron chi connectivity index (χ4n) is 1.03. The maximum Gasteiger partial charge on any atom is 0.340 e. The third-order valence-electron chi connectivity index (χ3n) is 1.70. The fourth-order valence-corrected chi connectivity index (χ4v) is 3.04. The Labute approximate surface area is 88.3 Å². The lowest BCUT2D eigenvalue weighted by atomic mass is 10.6. The summed E-state index contributed by atoms with van der Waals surface area (Å²) >= 11 is 4.32. The van der Waals surface area contributed by atoms with Gasteiger partial charge >= 0.3 is 5.65 Å². The summed E-state index contributed by atoms with van der Waals surface area (Å²) in [6.45, 7) is 5.22. The van der Waals surface area contributed by atoms with Gasteiger partial charge in [0.15, 0.2) is 0 Å². The molecule has 1 atom stereocenters. The van der Waals surface area contributed by atoms with Crippen molar-refractivity contribution in [1.29, 1.82) is 0 Å². The summed E-state index contributed by atoms with van der Waals surface area (Å²) in [5.74, 6) is 0. The second kappa shape index (κ2) is 5.52. The Kier molecular flexibility index (Phi) is 5.80. The number of quaternary nitrogens is 1. The van der Waals surface area contributed by atoms with Crippen molar-refractivity contribution in [2.24, 2.45) is 0 Å². The van der Waals surface area contributed by atoms with Gasteiger partial charge in [0, 0.05) is 0 Å². The Bertz CT molecular complexity index is 144. The summed E-state index contributed by atoms with van der Waals surface area (Å²) in [5, 5.41) is 0. The fraction of sp³-hybridized carbons (Fsp3) is 1.00. The van der Waals surface area contributed by atoms with E-state index in [0.717, 1.165) is 0 Å². The highest BCUT2D eigenvalue weighted by Gasteiger charge is 2.44. The van der Waals surface area contributed by atoms with Gasteiger partial charge in [0.05, 0.1) is 42.1 Å². The molecule has 0 bridgehead atoms. The van der Waals surface area contributed by atoms with Gasteiger partial charge in [-0.3, -0.25) is 14.0 Å². The predicted molar refractivity (Wildman–Crippen MR) is 61.3 cm³/mol. The Morgan fingerprint density at radius 1 is 1.15 bits per heavy atom. The van der Waals surface area contributed by atoms with Crippen LogP contribution >= 0.6 is 20.0 Å². The highest BCUT2D eigenvalue weighted by Crippen LogP contribution is 2.42. The first-order chi connectivity index (χ1) is 5.93. The van der Waals surface area contributed by atoms with Gasteiger partial charge in [-0.25, -0.2) is 0 Å². The first-order valence-corrected chi connectivity index (χ1v) is 6.73. The average molecular weight is 226 g/mol. The number of hydrogen-bond acceptors (Lipinski definition) is 3. The van der Waals surface area contributed by atoms with Crippen molar-refractivity contribution in [3.05, 3.63) is 0 Å². The van der Waals surface area contributed by atoms with Crippen LogP contribution in [0.4, 0.5) is 0 Å². The number of hydrogen-bond donors (Lipinski definition) is 1. The van der Waals surface area contributed by atoms with Crippen molar-refractivity contribution < 1.29 is 14.0 Å². The summed E-state index contributed by atoms with van der Waals surface area (Å²) in [7, 11) is 6.46. The predicted octanol–water partition coefficient (Wildman–Crippen LogP) is 1.90. The van der Waals surface area contributed by atoms with E-state index in [0.29, 0.717) is 25.5 Å². The number of nitrogens with zero attached hydrogens (tertiary/aromatic N) is 1. The van der Waals surface area contributed by atoms with Crippen LogP contribution in [-0.4, -0.2) is 44.5 Å². The van der Waals surface area contributed by atoms with Gasteiger partial charge in [-0.1, -0.05) is 0 Å². The molecule has 0 fully saturated rings. The molecule has 0 aliphatic rings. The van der Waals surface area contributed by atoms with Crippen LogP contribution in [-0.2, 0) is 9.47 Å². The lowest BCUT2D eigenvalue weighted by Crippen LogP contribution is -2.57. The Morgan fingerprint density at radius 2 is 1.54 bits per heavy atom. The zero-order valence-electron chi connectivity index (χ0n) is 9.13. The van der Waals surface area contributed by atoms with Crippen molar-refractivity contribution >= 4 is 20.0 Å². The Morgan fingerprint density at radius 3 is 1.69 bits per heavy atom. The summed E-state index contributed by atoms with van der Waals surface area (Å²) < 4.78 is 11.9. The van der Waals surface area contributed by atoms with E-state index in [9.17, 15) is 0 Å². The van der Waals surface area contributed by atoms with E-state index < -0.39 is 5.65 Å². The molecule has 0 aromatic heterocycles. The van der Waals surface area contributed by atoms with E-state index in [1.807, 2.05) is 13.8 Å². The lowest BCUT2D eigenvalue weighted by Gasteiger charge is -2.42. The monoisotopic (exact) mass is 226 g/mol. The average Bonchev–Trinajstić information content (AvgIpc) is 2.02. The molecule has 80 valence electrons. The third kappa shape index (κ3) is 3.37. The van der Waals surface area contributed by atoms with E-state index >= 15 is 0 Å². The van der Waals surface area contributed by atoms with Crippen molar-refractivity contribution in [3.8, 4) is 0 Å². The molecule has 0 rings (SSSR count). The molecule has 0 aliphatic carbocycles. The summed E-state index contributed by atoms with van der Waals surface area (Å²) in [6, 6.07) is 0. The minimum Gasteiger partial charge on any atom is -0.300 e. The van der Waals surface area contributed by atoms with Crippen LogP contribution in [0.1, 0.15) is 13.8 Å². The molecule has 0 N–H and O–H groups in total. The third-order valence-corrected chi connectivity index (χ3v) is 3.79. The molecule has 5 heteroatoms. The summed E-state index contributed by atoms with van der Waals surface area (Å²) in [4.78, 5) is 0. The zero-order chi connectivity index (χ0) is 10.5. The molecule has 0 amide bonds. The lowest BCUT2D eigenvalue weighted by molar-refractivity contribution is -0.959. The quantitative estimate of drug-likeness (QED) is 0.323. The molecule has 3 nitrogen and oxygen atoms in total. The summed E-state index contributed by atoms with van der Waals surface area (Å²) in [5.41, 5.74) is -0.591. The maximum atomic E-state index is 5.67. The number of ether oxygens (including phenoxy) is 2. The minimum atomic E-state index is -0.591. The second-order valence-corrected chi connectivity index (χ2v) is 5.10. The first-order valence-electron chi connectivity index (χ1n) is 4.44. The molecular weight excluding hydrogens is 205 g/mol. The van der Waals surface area contributed by atoms with Crippen molar-refractivity contribution in [2.75, 3.05) is 34.4 Å².